The topological polar surface area (TPSA) is 94.8 Å². The fraction of sp³-hybridized carbons (Fsp3) is 0.143. The molecule has 12 heavy (non-hydrogen) atoms. The first-order valence-corrected chi connectivity index (χ1v) is 2.79. The Labute approximate surface area is 69.3 Å². The standard InChI is InChI=1S/C4H6O2.C3H4O3/c1-3(2)4(5)6;1-2(4)3(5)6/h1H2,2H3,(H,5,6);4H,1H2,(H,5,6). The van der Waals surface area contributed by atoms with Gasteiger partial charge in [0.25, 0.3) is 0 Å². The molecule has 0 rings (SSSR count). The van der Waals surface area contributed by atoms with Gasteiger partial charge in [0, 0.05) is 5.57 Å². The molecule has 0 fully saturated rings. The first-order chi connectivity index (χ1) is 5.29. The second kappa shape index (κ2) is 5.96. The Morgan fingerprint density at radius 1 is 1.00 bits per heavy atom. The molecule has 68 valence electrons. The van der Waals surface area contributed by atoms with Crippen molar-refractivity contribution in [2.75, 3.05) is 0 Å². The van der Waals surface area contributed by atoms with Gasteiger partial charge >= 0.3 is 11.9 Å². The Bertz CT molecular complexity index is 168. The zero-order valence-corrected chi connectivity index (χ0v) is 6.57. The maximum absolute atomic E-state index is 9.60. The van der Waals surface area contributed by atoms with Gasteiger partial charge in [0.2, 0.25) is 0 Å². The maximum atomic E-state index is 9.60. The second-order valence-electron chi connectivity index (χ2n) is 1.84. The van der Waals surface area contributed by atoms with E-state index in [2.05, 4.69) is 13.2 Å². The minimum Gasteiger partial charge on any atom is -0.502 e. The third-order valence-corrected chi connectivity index (χ3v) is 0.612. The molecular formula is C7H10O5. The van der Waals surface area contributed by atoms with Gasteiger partial charge in [0.1, 0.15) is 0 Å². The van der Waals surface area contributed by atoms with E-state index in [0.29, 0.717) is 0 Å². The lowest BCUT2D eigenvalue weighted by Crippen LogP contribution is -1.95. The summed E-state index contributed by atoms with van der Waals surface area (Å²) in [6, 6.07) is 0. The Morgan fingerprint density at radius 3 is 1.17 bits per heavy atom. The molecule has 0 saturated heterocycles. The van der Waals surface area contributed by atoms with Gasteiger partial charge in [-0.15, -0.1) is 0 Å². The van der Waals surface area contributed by atoms with E-state index in [1.807, 2.05) is 0 Å². The highest BCUT2D eigenvalue weighted by molar-refractivity contribution is 5.84. The van der Waals surface area contributed by atoms with Gasteiger partial charge in [0.05, 0.1) is 0 Å². The van der Waals surface area contributed by atoms with Crippen molar-refractivity contribution in [3.05, 3.63) is 24.5 Å². The number of rotatable bonds is 2. The molecule has 0 aliphatic carbocycles. The van der Waals surface area contributed by atoms with E-state index < -0.39 is 17.7 Å². The Hall–Kier alpha value is -1.78. The zero-order valence-electron chi connectivity index (χ0n) is 6.57. The predicted molar refractivity (Wildman–Crippen MR) is 41.9 cm³/mol. The van der Waals surface area contributed by atoms with Crippen LogP contribution >= 0.6 is 0 Å². The van der Waals surface area contributed by atoms with E-state index in [0.717, 1.165) is 0 Å². The van der Waals surface area contributed by atoms with Gasteiger partial charge in [-0.05, 0) is 13.5 Å². The zero-order chi connectivity index (χ0) is 10.3. The third kappa shape index (κ3) is 11.1. The molecule has 0 unspecified atom stereocenters. The van der Waals surface area contributed by atoms with Crippen LogP contribution in [0.3, 0.4) is 0 Å². The number of carbonyl (C=O) groups is 2. The highest BCUT2D eigenvalue weighted by Crippen LogP contribution is 1.81. The number of aliphatic hydroxyl groups excluding tert-OH is 1. The molecule has 0 spiro atoms. The summed E-state index contributed by atoms with van der Waals surface area (Å²) in [5.41, 5.74) is 0.176. The van der Waals surface area contributed by atoms with E-state index >= 15 is 0 Å². The fourth-order valence-electron chi connectivity index (χ4n) is 0. The van der Waals surface area contributed by atoms with Gasteiger partial charge in [-0.1, -0.05) is 6.58 Å². The molecule has 0 aromatic carbocycles. The van der Waals surface area contributed by atoms with Crippen LogP contribution in [-0.4, -0.2) is 27.3 Å². The summed E-state index contributed by atoms with van der Waals surface area (Å²) in [5, 5.41) is 23.4. The van der Waals surface area contributed by atoms with Crippen LogP contribution in [0, 0.1) is 0 Å². The smallest absolute Gasteiger partial charge is 0.370 e. The molecule has 3 N–H and O–H groups in total. The van der Waals surface area contributed by atoms with Crippen molar-refractivity contribution in [2.24, 2.45) is 0 Å². The SMILES string of the molecule is C=C(C)C(=O)O.C=C(O)C(=O)O. The van der Waals surface area contributed by atoms with Crippen molar-refractivity contribution in [3.8, 4) is 0 Å². The van der Waals surface area contributed by atoms with Crippen molar-refractivity contribution in [1.82, 2.24) is 0 Å². The van der Waals surface area contributed by atoms with Crippen molar-refractivity contribution >= 4 is 11.9 Å². The summed E-state index contributed by atoms with van der Waals surface area (Å²) in [5.74, 6) is -3.14. The molecule has 5 heteroatoms. The second-order valence-corrected chi connectivity index (χ2v) is 1.84. The summed E-state index contributed by atoms with van der Waals surface area (Å²) in [7, 11) is 0. The van der Waals surface area contributed by atoms with E-state index in [1.165, 1.54) is 6.92 Å². The maximum Gasteiger partial charge on any atom is 0.370 e. The van der Waals surface area contributed by atoms with Crippen LogP contribution in [0.2, 0.25) is 0 Å². The van der Waals surface area contributed by atoms with Crippen molar-refractivity contribution < 1.29 is 24.9 Å². The summed E-state index contributed by atoms with van der Waals surface area (Å²) < 4.78 is 0. The average molecular weight is 174 g/mol. The summed E-state index contributed by atoms with van der Waals surface area (Å²) >= 11 is 0. The number of hydrogen-bond acceptors (Lipinski definition) is 3. The molecule has 0 atom stereocenters. The van der Waals surface area contributed by atoms with Crippen LogP contribution in [0.25, 0.3) is 0 Å². The van der Waals surface area contributed by atoms with Gasteiger partial charge in [0.15, 0.2) is 5.76 Å². The highest BCUT2D eigenvalue weighted by Gasteiger charge is 1.94. The fourth-order valence-corrected chi connectivity index (χ4v) is 0. The minimum absolute atomic E-state index is 0.176. The molecule has 0 aromatic heterocycles. The van der Waals surface area contributed by atoms with E-state index in [1.54, 1.807) is 0 Å². The monoisotopic (exact) mass is 174 g/mol. The molecule has 0 heterocycles. The normalized spacial score (nSPS) is 7.42. The molecule has 0 radical (unpaired) electrons. The van der Waals surface area contributed by atoms with Gasteiger partial charge < -0.3 is 15.3 Å². The first kappa shape index (κ1) is 12.9. The first-order valence-electron chi connectivity index (χ1n) is 2.79. The molecule has 0 aliphatic rings. The van der Waals surface area contributed by atoms with Gasteiger partial charge in [-0.2, -0.15) is 0 Å². The van der Waals surface area contributed by atoms with E-state index in [4.69, 9.17) is 15.3 Å². The Morgan fingerprint density at radius 2 is 1.17 bits per heavy atom. The minimum atomic E-state index is -1.38. The Kier molecular flexibility index (Phi) is 6.39. The average Bonchev–Trinajstić information content (AvgIpc) is 1.88. The molecule has 0 aromatic rings. The Balaban J connectivity index is 0. The van der Waals surface area contributed by atoms with E-state index in [-0.39, 0.29) is 5.57 Å². The van der Waals surface area contributed by atoms with Crippen LogP contribution in [0.5, 0.6) is 0 Å². The molecule has 0 aliphatic heterocycles. The van der Waals surface area contributed by atoms with Gasteiger partial charge in [-0.3, -0.25) is 0 Å². The van der Waals surface area contributed by atoms with Crippen LogP contribution in [0.4, 0.5) is 0 Å². The summed E-state index contributed by atoms with van der Waals surface area (Å²) in [4.78, 5) is 18.9. The van der Waals surface area contributed by atoms with Crippen molar-refractivity contribution in [2.45, 2.75) is 6.92 Å². The lowest BCUT2D eigenvalue weighted by atomic mass is 10.4. The van der Waals surface area contributed by atoms with Crippen molar-refractivity contribution in [1.29, 1.82) is 0 Å². The van der Waals surface area contributed by atoms with Crippen LogP contribution < -0.4 is 0 Å². The lowest BCUT2D eigenvalue weighted by molar-refractivity contribution is -0.135. The molecule has 0 saturated carbocycles. The lowest BCUT2D eigenvalue weighted by Gasteiger charge is -1.79. The number of aliphatic hydroxyl groups is 1. The van der Waals surface area contributed by atoms with Crippen molar-refractivity contribution in [3.63, 3.8) is 0 Å². The molecule has 0 amide bonds. The predicted octanol–water partition coefficient (Wildman–Crippen LogP) is 0.790. The van der Waals surface area contributed by atoms with E-state index in [9.17, 15) is 9.59 Å². The van der Waals surface area contributed by atoms with Crippen LogP contribution in [0.15, 0.2) is 24.5 Å². The van der Waals surface area contributed by atoms with Crippen LogP contribution in [0.1, 0.15) is 6.92 Å². The van der Waals surface area contributed by atoms with Gasteiger partial charge in [-0.25, -0.2) is 9.59 Å². The van der Waals surface area contributed by atoms with Crippen LogP contribution in [-0.2, 0) is 9.59 Å². The molecule has 0 bridgehead atoms. The summed E-state index contributed by atoms with van der Waals surface area (Å²) in [6.07, 6.45) is 0. The molecular weight excluding hydrogens is 164 g/mol. The largest absolute Gasteiger partial charge is 0.502 e. The number of carboxylic acid groups (broad SMARTS) is 2. The number of hydrogen-bond donors (Lipinski definition) is 3. The third-order valence-electron chi connectivity index (χ3n) is 0.612. The quantitative estimate of drug-likeness (QED) is 0.425. The molecule has 5 nitrogen and oxygen atoms in total. The summed E-state index contributed by atoms with van der Waals surface area (Å²) in [6.45, 7) is 7.31. The highest BCUT2D eigenvalue weighted by atomic mass is 16.4. The number of aliphatic carboxylic acids is 2. The number of carboxylic acids is 2.